The van der Waals surface area contributed by atoms with Crippen molar-refractivity contribution in [1.82, 2.24) is 0 Å². The van der Waals surface area contributed by atoms with Crippen LogP contribution < -0.4 is 20.4 Å². The molecular formula is C25H25NO6. The van der Waals surface area contributed by atoms with Gasteiger partial charge in [-0.15, -0.1) is 0 Å². The van der Waals surface area contributed by atoms with E-state index in [2.05, 4.69) is 5.32 Å². The molecule has 1 amide bonds. The molecule has 0 aliphatic carbocycles. The number of nitrogens with one attached hydrogen (secondary N) is 1. The third kappa shape index (κ3) is 3.70. The molecule has 0 fully saturated rings. The first kappa shape index (κ1) is 21.5. The molecule has 1 N–H and O–H groups in total. The highest BCUT2D eigenvalue weighted by Gasteiger charge is 2.18. The minimum Gasteiger partial charge on any atom is -0.493 e. The highest BCUT2D eigenvalue weighted by molar-refractivity contribution is 5.99. The van der Waals surface area contributed by atoms with Crippen molar-refractivity contribution in [3.05, 3.63) is 63.2 Å². The van der Waals surface area contributed by atoms with E-state index in [0.29, 0.717) is 28.3 Å². The lowest BCUT2D eigenvalue weighted by molar-refractivity contribution is -0.116. The maximum atomic E-state index is 12.7. The van der Waals surface area contributed by atoms with Crippen molar-refractivity contribution in [2.75, 3.05) is 19.5 Å². The molecule has 0 aliphatic heterocycles. The summed E-state index contributed by atoms with van der Waals surface area (Å²) >= 11 is 0. The second-order valence-corrected chi connectivity index (χ2v) is 7.78. The monoisotopic (exact) mass is 435 g/mol. The van der Waals surface area contributed by atoms with Crippen LogP contribution in [0.4, 0.5) is 5.69 Å². The molecule has 0 atom stereocenters. The van der Waals surface area contributed by atoms with Crippen LogP contribution in [0.1, 0.15) is 28.7 Å². The van der Waals surface area contributed by atoms with Crippen LogP contribution in [0.15, 0.2) is 44.2 Å². The Morgan fingerprint density at radius 1 is 0.969 bits per heavy atom. The Morgan fingerprint density at radius 2 is 1.72 bits per heavy atom. The summed E-state index contributed by atoms with van der Waals surface area (Å²) in [6.07, 6.45) is 2.10. The molecule has 166 valence electrons. The standard InChI is InChI=1S/C25H25NO6/c1-13-12-31-23-15(3)24-19(11-18(13)23)14(2)17(25(28)32-24)7-9-22(27)26-16-6-8-20(29-4)21(10-16)30-5/h6,8,10-12H,7,9H2,1-5H3,(H,26,27). The molecule has 2 aromatic heterocycles. The predicted molar refractivity (Wildman–Crippen MR) is 123 cm³/mol. The first-order chi connectivity index (χ1) is 15.3. The zero-order valence-corrected chi connectivity index (χ0v) is 18.8. The Labute approximate surface area is 184 Å². The number of anilines is 1. The van der Waals surface area contributed by atoms with Gasteiger partial charge in [0.25, 0.3) is 0 Å². The van der Waals surface area contributed by atoms with E-state index in [9.17, 15) is 9.59 Å². The number of aryl methyl sites for hydroxylation is 3. The summed E-state index contributed by atoms with van der Waals surface area (Å²) in [6, 6.07) is 7.13. The largest absolute Gasteiger partial charge is 0.493 e. The topological polar surface area (TPSA) is 90.9 Å². The number of furan rings is 1. The second-order valence-electron chi connectivity index (χ2n) is 7.78. The smallest absolute Gasteiger partial charge is 0.339 e. The molecule has 2 aromatic carbocycles. The average molecular weight is 435 g/mol. The summed E-state index contributed by atoms with van der Waals surface area (Å²) in [7, 11) is 3.08. The fourth-order valence-corrected chi connectivity index (χ4v) is 3.98. The van der Waals surface area contributed by atoms with Gasteiger partial charge in [0.1, 0.15) is 11.2 Å². The van der Waals surface area contributed by atoms with Crippen LogP contribution in [0.25, 0.3) is 21.9 Å². The maximum Gasteiger partial charge on any atom is 0.339 e. The van der Waals surface area contributed by atoms with Crippen molar-refractivity contribution in [2.24, 2.45) is 0 Å². The summed E-state index contributed by atoms with van der Waals surface area (Å²) in [5, 5.41) is 4.68. The molecule has 7 nitrogen and oxygen atoms in total. The first-order valence-electron chi connectivity index (χ1n) is 10.3. The number of carbonyl (C=O) groups excluding carboxylic acids is 1. The van der Waals surface area contributed by atoms with E-state index in [4.69, 9.17) is 18.3 Å². The Balaban J connectivity index is 1.59. The van der Waals surface area contributed by atoms with Crippen LogP contribution in [0.3, 0.4) is 0 Å². The lowest BCUT2D eigenvalue weighted by Crippen LogP contribution is -2.17. The molecule has 4 rings (SSSR count). The van der Waals surface area contributed by atoms with E-state index in [1.54, 1.807) is 31.6 Å². The summed E-state index contributed by atoms with van der Waals surface area (Å²) < 4.78 is 21.8. The average Bonchev–Trinajstić information content (AvgIpc) is 3.15. The number of hydrogen-bond donors (Lipinski definition) is 1. The van der Waals surface area contributed by atoms with Crippen molar-refractivity contribution < 1.29 is 23.1 Å². The van der Waals surface area contributed by atoms with Gasteiger partial charge in [0, 0.05) is 40.1 Å². The highest BCUT2D eigenvalue weighted by Crippen LogP contribution is 2.33. The molecule has 0 saturated carbocycles. The van der Waals surface area contributed by atoms with Gasteiger partial charge in [-0.2, -0.15) is 0 Å². The number of rotatable bonds is 6. The Kier molecular flexibility index (Phi) is 5.65. The zero-order chi connectivity index (χ0) is 23.0. The Bertz CT molecular complexity index is 1400. The van der Waals surface area contributed by atoms with Crippen molar-refractivity contribution in [2.45, 2.75) is 33.6 Å². The summed E-state index contributed by atoms with van der Waals surface area (Å²) in [5.41, 5.74) is 4.53. The molecule has 0 aliphatic rings. The van der Waals surface area contributed by atoms with Gasteiger partial charge >= 0.3 is 5.63 Å². The van der Waals surface area contributed by atoms with Crippen LogP contribution in [-0.2, 0) is 11.2 Å². The van der Waals surface area contributed by atoms with Crippen molar-refractivity contribution in [3.8, 4) is 11.5 Å². The fourth-order valence-electron chi connectivity index (χ4n) is 3.98. The highest BCUT2D eigenvalue weighted by atomic mass is 16.5. The minimum atomic E-state index is -0.431. The molecular weight excluding hydrogens is 410 g/mol. The number of carbonyl (C=O) groups is 1. The lowest BCUT2D eigenvalue weighted by atomic mass is 9.98. The third-order valence-electron chi connectivity index (χ3n) is 5.80. The number of ether oxygens (including phenoxy) is 2. The second kappa shape index (κ2) is 8.42. The van der Waals surface area contributed by atoms with Crippen molar-refractivity contribution in [1.29, 1.82) is 0 Å². The Morgan fingerprint density at radius 3 is 2.44 bits per heavy atom. The van der Waals surface area contributed by atoms with Gasteiger partial charge in [0.2, 0.25) is 5.91 Å². The van der Waals surface area contributed by atoms with Crippen LogP contribution in [0, 0.1) is 20.8 Å². The van der Waals surface area contributed by atoms with Gasteiger partial charge in [-0.05, 0) is 56.5 Å². The van der Waals surface area contributed by atoms with E-state index in [1.807, 2.05) is 26.8 Å². The van der Waals surface area contributed by atoms with Crippen molar-refractivity contribution in [3.63, 3.8) is 0 Å². The molecule has 0 unspecified atom stereocenters. The molecule has 0 radical (unpaired) electrons. The number of hydrogen-bond acceptors (Lipinski definition) is 6. The number of benzene rings is 2. The van der Waals surface area contributed by atoms with Gasteiger partial charge in [0.05, 0.1) is 20.5 Å². The lowest BCUT2D eigenvalue weighted by Gasteiger charge is -2.12. The van der Waals surface area contributed by atoms with E-state index < -0.39 is 5.63 Å². The number of fused-ring (bicyclic) bond motifs is 2. The quantitative estimate of drug-likeness (QED) is 0.426. The van der Waals surface area contributed by atoms with Crippen molar-refractivity contribution >= 4 is 33.5 Å². The maximum absolute atomic E-state index is 12.7. The zero-order valence-electron chi connectivity index (χ0n) is 18.8. The summed E-state index contributed by atoms with van der Waals surface area (Å²) in [6.45, 7) is 5.75. The first-order valence-corrected chi connectivity index (χ1v) is 10.3. The van der Waals surface area contributed by atoms with Crippen LogP contribution in [0.2, 0.25) is 0 Å². The molecule has 0 saturated heterocycles. The number of amides is 1. The molecule has 7 heteroatoms. The summed E-state index contributed by atoms with van der Waals surface area (Å²) in [5.74, 6) is 0.883. The van der Waals surface area contributed by atoms with Gasteiger partial charge in [0.15, 0.2) is 11.5 Å². The normalized spacial score (nSPS) is 11.2. The van der Waals surface area contributed by atoms with E-state index in [1.165, 1.54) is 7.11 Å². The van der Waals surface area contributed by atoms with Crippen LogP contribution in [0.5, 0.6) is 11.5 Å². The molecule has 4 aromatic rings. The van der Waals surface area contributed by atoms with Gasteiger partial charge < -0.3 is 23.6 Å². The fraction of sp³-hybridized carbons (Fsp3) is 0.280. The summed E-state index contributed by atoms with van der Waals surface area (Å²) in [4.78, 5) is 25.2. The Hall–Kier alpha value is -3.74. The van der Waals surface area contributed by atoms with Crippen LogP contribution >= 0.6 is 0 Å². The minimum absolute atomic E-state index is 0.136. The number of methoxy groups -OCH3 is 2. The third-order valence-corrected chi connectivity index (χ3v) is 5.80. The molecule has 0 spiro atoms. The van der Waals surface area contributed by atoms with Gasteiger partial charge in [-0.3, -0.25) is 4.79 Å². The van der Waals surface area contributed by atoms with Gasteiger partial charge in [-0.25, -0.2) is 4.79 Å². The van der Waals surface area contributed by atoms with Gasteiger partial charge in [-0.1, -0.05) is 0 Å². The van der Waals surface area contributed by atoms with E-state index >= 15 is 0 Å². The molecule has 32 heavy (non-hydrogen) atoms. The van der Waals surface area contributed by atoms with Crippen LogP contribution in [-0.4, -0.2) is 20.1 Å². The SMILES string of the molecule is COc1ccc(NC(=O)CCc2c(C)c3cc4c(C)coc4c(C)c3oc2=O)cc1OC. The van der Waals surface area contributed by atoms with E-state index in [-0.39, 0.29) is 18.7 Å². The van der Waals surface area contributed by atoms with E-state index in [0.717, 1.165) is 33.0 Å². The molecule has 0 bridgehead atoms. The molecule has 2 heterocycles. The predicted octanol–water partition coefficient (Wildman–Crippen LogP) is 5.05.